The summed E-state index contributed by atoms with van der Waals surface area (Å²) in [5.41, 5.74) is 3.76. The first-order valence-electron chi connectivity index (χ1n) is 8.59. The zero-order valence-electron chi connectivity index (χ0n) is 13.9. The summed E-state index contributed by atoms with van der Waals surface area (Å²) < 4.78 is 1.85. The van der Waals surface area contributed by atoms with Gasteiger partial charge in [-0.25, -0.2) is 9.50 Å². The molecule has 0 unspecified atom stereocenters. The van der Waals surface area contributed by atoms with E-state index in [9.17, 15) is 4.79 Å². The number of carbonyl (C=O) groups is 1. The molecule has 2 heterocycles. The van der Waals surface area contributed by atoms with Gasteiger partial charge in [0.25, 0.3) is 0 Å². The molecule has 1 saturated carbocycles. The van der Waals surface area contributed by atoms with Gasteiger partial charge in [0.05, 0.1) is 11.9 Å². The molecule has 0 amide bonds. The number of hydrogen-bond acceptors (Lipinski definition) is 4. The number of aromatic nitrogens is 3. The highest BCUT2D eigenvalue weighted by Crippen LogP contribution is 2.29. The SMILES string of the molecule is O=C(O)CCc1ccc(-c2cnc3ccc(NCC4CC4)nn23)cc1. The molecule has 25 heavy (non-hydrogen) atoms. The Labute approximate surface area is 145 Å². The van der Waals surface area contributed by atoms with Gasteiger partial charge < -0.3 is 10.4 Å². The van der Waals surface area contributed by atoms with E-state index in [2.05, 4.69) is 15.4 Å². The molecular weight excluding hydrogens is 316 g/mol. The molecule has 0 aliphatic heterocycles. The third-order valence-corrected chi connectivity index (χ3v) is 4.51. The van der Waals surface area contributed by atoms with Gasteiger partial charge in [-0.2, -0.15) is 0 Å². The molecule has 1 fully saturated rings. The number of aliphatic carboxylic acids is 1. The van der Waals surface area contributed by atoms with Gasteiger partial charge in [0.2, 0.25) is 0 Å². The van der Waals surface area contributed by atoms with Crippen LogP contribution in [-0.4, -0.2) is 32.2 Å². The minimum absolute atomic E-state index is 0.145. The lowest BCUT2D eigenvalue weighted by atomic mass is 10.1. The summed E-state index contributed by atoms with van der Waals surface area (Å²) in [7, 11) is 0. The Morgan fingerprint density at radius 3 is 2.72 bits per heavy atom. The summed E-state index contributed by atoms with van der Waals surface area (Å²) in [5.74, 6) is 0.871. The molecule has 1 aromatic carbocycles. The van der Waals surface area contributed by atoms with Crippen LogP contribution in [0.1, 0.15) is 24.8 Å². The lowest BCUT2D eigenvalue weighted by Gasteiger charge is -2.07. The highest BCUT2D eigenvalue weighted by molar-refractivity contribution is 5.67. The number of nitrogens with zero attached hydrogens (tertiary/aromatic N) is 3. The van der Waals surface area contributed by atoms with Crippen molar-refractivity contribution in [2.45, 2.75) is 25.7 Å². The first kappa shape index (κ1) is 15.6. The van der Waals surface area contributed by atoms with E-state index in [1.54, 1.807) is 0 Å². The fourth-order valence-electron chi connectivity index (χ4n) is 2.83. The maximum atomic E-state index is 10.7. The molecule has 6 nitrogen and oxygen atoms in total. The number of imidazole rings is 1. The standard InChI is InChI=1S/C19H20N4O2/c24-19(25)10-5-13-3-6-15(7-4-13)16-12-21-18-9-8-17(22-23(16)18)20-11-14-1-2-14/h3-4,6-9,12,14H,1-2,5,10-11H2,(H,20,22)(H,24,25). The summed E-state index contributed by atoms with van der Waals surface area (Å²) in [5, 5.41) is 16.8. The average molecular weight is 336 g/mol. The van der Waals surface area contributed by atoms with Gasteiger partial charge in [-0.3, -0.25) is 4.79 Å². The van der Waals surface area contributed by atoms with Crippen molar-refractivity contribution in [1.82, 2.24) is 14.6 Å². The van der Waals surface area contributed by atoms with E-state index >= 15 is 0 Å². The Kier molecular flexibility index (Phi) is 4.09. The van der Waals surface area contributed by atoms with E-state index < -0.39 is 5.97 Å². The van der Waals surface area contributed by atoms with E-state index in [-0.39, 0.29) is 6.42 Å². The first-order chi connectivity index (χ1) is 12.2. The van der Waals surface area contributed by atoms with Crippen molar-refractivity contribution < 1.29 is 9.90 Å². The third-order valence-electron chi connectivity index (χ3n) is 4.51. The molecular formula is C19H20N4O2. The molecule has 1 aliphatic carbocycles. The number of rotatable bonds is 7. The maximum absolute atomic E-state index is 10.7. The molecule has 6 heteroatoms. The summed E-state index contributed by atoms with van der Waals surface area (Å²) >= 11 is 0. The zero-order valence-corrected chi connectivity index (χ0v) is 13.9. The molecule has 0 bridgehead atoms. The monoisotopic (exact) mass is 336 g/mol. The summed E-state index contributed by atoms with van der Waals surface area (Å²) in [6.45, 7) is 0.973. The Morgan fingerprint density at radius 2 is 2.00 bits per heavy atom. The number of benzene rings is 1. The molecule has 0 atom stereocenters. The Hall–Kier alpha value is -2.89. The summed E-state index contributed by atoms with van der Waals surface area (Å²) in [6, 6.07) is 11.8. The number of carboxylic acids is 1. The van der Waals surface area contributed by atoms with Crippen LogP contribution >= 0.6 is 0 Å². The molecule has 0 saturated heterocycles. The van der Waals surface area contributed by atoms with Crippen LogP contribution in [0.3, 0.4) is 0 Å². The van der Waals surface area contributed by atoms with Gasteiger partial charge in [-0.1, -0.05) is 24.3 Å². The summed E-state index contributed by atoms with van der Waals surface area (Å²) in [4.78, 5) is 15.1. The van der Waals surface area contributed by atoms with Crippen molar-refractivity contribution in [1.29, 1.82) is 0 Å². The highest BCUT2D eigenvalue weighted by atomic mass is 16.4. The van der Waals surface area contributed by atoms with Crippen LogP contribution in [0.25, 0.3) is 16.9 Å². The number of nitrogens with one attached hydrogen (secondary N) is 1. The first-order valence-corrected chi connectivity index (χ1v) is 8.59. The van der Waals surface area contributed by atoms with E-state index in [0.717, 1.165) is 40.7 Å². The molecule has 3 aromatic rings. The van der Waals surface area contributed by atoms with Crippen LogP contribution in [0, 0.1) is 5.92 Å². The fraction of sp³-hybridized carbons (Fsp3) is 0.316. The molecule has 1 aliphatic rings. The molecule has 2 aromatic heterocycles. The van der Waals surface area contributed by atoms with Crippen molar-refractivity contribution in [3.05, 3.63) is 48.2 Å². The minimum atomic E-state index is -0.777. The molecule has 0 radical (unpaired) electrons. The number of hydrogen-bond donors (Lipinski definition) is 2. The Morgan fingerprint density at radius 1 is 1.20 bits per heavy atom. The predicted octanol–water partition coefficient (Wildman–Crippen LogP) is 3.24. The topological polar surface area (TPSA) is 79.5 Å². The lowest BCUT2D eigenvalue weighted by Crippen LogP contribution is -2.07. The van der Waals surface area contributed by atoms with Crippen LogP contribution in [0.4, 0.5) is 5.82 Å². The van der Waals surface area contributed by atoms with Gasteiger partial charge >= 0.3 is 5.97 Å². The van der Waals surface area contributed by atoms with Gasteiger partial charge in [-0.15, -0.1) is 5.10 Å². The quantitative estimate of drug-likeness (QED) is 0.692. The second-order valence-corrected chi connectivity index (χ2v) is 6.55. The van der Waals surface area contributed by atoms with Gasteiger partial charge in [-0.05, 0) is 42.9 Å². The predicted molar refractivity (Wildman–Crippen MR) is 95.6 cm³/mol. The van der Waals surface area contributed by atoms with Crippen LogP contribution in [-0.2, 0) is 11.2 Å². The lowest BCUT2D eigenvalue weighted by molar-refractivity contribution is -0.136. The van der Waals surface area contributed by atoms with Crippen molar-refractivity contribution >= 4 is 17.4 Å². The third kappa shape index (κ3) is 3.63. The molecule has 0 spiro atoms. The molecule has 128 valence electrons. The van der Waals surface area contributed by atoms with Crippen molar-refractivity contribution in [3.8, 4) is 11.3 Å². The molecule has 4 rings (SSSR count). The van der Waals surface area contributed by atoms with E-state index in [1.807, 2.05) is 47.1 Å². The van der Waals surface area contributed by atoms with E-state index in [1.165, 1.54) is 12.8 Å². The van der Waals surface area contributed by atoms with Gasteiger partial charge in [0.15, 0.2) is 5.65 Å². The summed E-state index contributed by atoms with van der Waals surface area (Å²) in [6.07, 6.45) is 5.11. The van der Waals surface area contributed by atoms with E-state index in [0.29, 0.717) is 6.42 Å². The van der Waals surface area contributed by atoms with Crippen LogP contribution in [0.5, 0.6) is 0 Å². The van der Waals surface area contributed by atoms with E-state index in [4.69, 9.17) is 5.11 Å². The number of anilines is 1. The fourth-order valence-corrected chi connectivity index (χ4v) is 2.83. The number of aryl methyl sites for hydroxylation is 1. The Bertz CT molecular complexity index is 897. The molecule has 2 N–H and O–H groups in total. The largest absolute Gasteiger partial charge is 0.481 e. The van der Waals surface area contributed by atoms with Gasteiger partial charge in [0.1, 0.15) is 5.82 Å². The van der Waals surface area contributed by atoms with Crippen LogP contribution < -0.4 is 5.32 Å². The average Bonchev–Trinajstić information content (AvgIpc) is 3.36. The number of fused-ring (bicyclic) bond motifs is 1. The van der Waals surface area contributed by atoms with Crippen molar-refractivity contribution in [2.75, 3.05) is 11.9 Å². The maximum Gasteiger partial charge on any atom is 0.303 e. The van der Waals surface area contributed by atoms with Crippen LogP contribution in [0.15, 0.2) is 42.6 Å². The Balaban J connectivity index is 1.56. The number of carboxylic acid groups (broad SMARTS) is 1. The highest BCUT2D eigenvalue weighted by Gasteiger charge is 2.20. The normalized spacial score (nSPS) is 13.9. The van der Waals surface area contributed by atoms with Crippen molar-refractivity contribution in [2.24, 2.45) is 5.92 Å². The second-order valence-electron chi connectivity index (χ2n) is 6.55. The minimum Gasteiger partial charge on any atom is -0.481 e. The van der Waals surface area contributed by atoms with Crippen LogP contribution in [0.2, 0.25) is 0 Å². The van der Waals surface area contributed by atoms with Gasteiger partial charge in [0, 0.05) is 18.5 Å². The second kappa shape index (κ2) is 6.55. The smallest absolute Gasteiger partial charge is 0.303 e. The zero-order chi connectivity index (χ0) is 17.2. The van der Waals surface area contributed by atoms with Crippen molar-refractivity contribution in [3.63, 3.8) is 0 Å².